The van der Waals surface area contributed by atoms with Crippen LogP contribution < -0.4 is 14.4 Å². The Kier molecular flexibility index (Phi) is 6.42. The number of carbonyl (C=O) groups is 1. The van der Waals surface area contributed by atoms with Gasteiger partial charge in [0.1, 0.15) is 10.8 Å². The minimum atomic E-state index is -3.95. The van der Waals surface area contributed by atoms with Gasteiger partial charge >= 0.3 is 0 Å². The topological polar surface area (TPSA) is 101 Å². The van der Waals surface area contributed by atoms with Gasteiger partial charge < -0.3 is 4.74 Å². The van der Waals surface area contributed by atoms with Crippen LogP contribution in [0, 0.1) is 13.8 Å². The monoisotopic (exact) mass is 540 g/mol. The van der Waals surface area contributed by atoms with Crippen molar-refractivity contribution in [3.8, 4) is 16.3 Å². The lowest BCUT2D eigenvalue weighted by Gasteiger charge is -2.34. The zero-order valence-corrected chi connectivity index (χ0v) is 21.7. The Labute approximate surface area is 217 Å². The third-order valence-corrected chi connectivity index (χ3v) is 8.57. The first-order valence-corrected chi connectivity index (χ1v) is 13.6. The highest BCUT2D eigenvalue weighted by Crippen LogP contribution is 2.38. The standard InChI is InChI=1S/C25H21ClN4O4S2/c1-15-3-10-19(11-4-15)36(32,33)30-14-22(34-21-12-5-16(2)13-20(21)30)23(31)27-25-29-28-24(35-25)17-6-8-18(26)9-7-17/h3-13,22H,14H2,1-2H3,(H,27,29,31)/t22-/m1/s1. The molecule has 1 aliphatic rings. The Morgan fingerprint density at radius 3 is 2.44 bits per heavy atom. The maximum Gasteiger partial charge on any atom is 0.269 e. The third-order valence-electron chi connectivity index (χ3n) is 5.63. The van der Waals surface area contributed by atoms with Crippen LogP contribution >= 0.6 is 22.9 Å². The Morgan fingerprint density at radius 1 is 1.03 bits per heavy atom. The van der Waals surface area contributed by atoms with E-state index in [1.54, 1.807) is 54.6 Å². The molecule has 2 heterocycles. The zero-order valence-electron chi connectivity index (χ0n) is 19.3. The number of hydrogen-bond donors (Lipinski definition) is 1. The van der Waals surface area contributed by atoms with Crippen LogP contribution in [0.25, 0.3) is 10.6 Å². The predicted octanol–water partition coefficient (Wildman–Crippen LogP) is 5.07. The molecule has 36 heavy (non-hydrogen) atoms. The summed E-state index contributed by atoms with van der Waals surface area (Å²) in [6.07, 6.45) is -1.09. The molecule has 0 unspecified atom stereocenters. The van der Waals surface area contributed by atoms with Crippen molar-refractivity contribution in [1.82, 2.24) is 10.2 Å². The number of ether oxygens (including phenoxy) is 1. The maximum absolute atomic E-state index is 13.6. The Hall–Kier alpha value is -3.47. The van der Waals surface area contributed by atoms with Crippen LogP contribution in [0.5, 0.6) is 5.75 Å². The van der Waals surface area contributed by atoms with Gasteiger partial charge in [0.25, 0.3) is 15.9 Å². The first-order valence-electron chi connectivity index (χ1n) is 11.0. The average Bonchev–Trinajstić information content (AvgIpc) is 3.32. The number of benzene rings is 3. The number of rotatable bonds is 5. The molecule has 8 nitrogen and oxygen atoms in total. The number of aryl methyl sites for hydroxylation is 2. The van der Waals surface area contributed by atoms with Gasteiger partial charge in [-0.25, -0.2) is 8.42 Å². The van der Waals surface area contributed by atoms with Crippen molar-refractivity contribution in [1.29, 1.82) is 0 Å². The van der Waals surface area contributed by atoms with Crippen LogP contribution in [-0.4, -0.2) is 37.2 Å². The smallest absolute Gasteiger partial charge is 0.269 e. The highest BCUT2D eigenvalue weighted by atomic mass is 35.5. The van der Waals surface area contributed by atoms with Crippen molar-refractivity contribution in [2.75, 3.05) is 16.2 Å². The van der Waals surface area contributed by atoms with Gasteiger partial charge in [0, 0.05) is 10.6 Å². The Bertz CT molecular complexity index is 1540. The minimum Gasteiger partial charge on any atom is -0.476 e. The molecule has 1 aliphatic heterocycles. The normalized spacial score (nSPS) is 15.2. The third kappa shape index (κ3) is 4.79. The van der Waals surface area contributed by atoms with Crippen LogP contribution in [0.1, 0.15) is 11.1 Å². The van der Waals surface area contributed by atoms with Crippen molar-refractivity contribution >= 4 is 49.7 Å². The molecule has 184 valence electrons. The number of amides is 1. The summed E-state index contributed by atoms with van der Waals surface area (Å²) < 4.78 is 34.3. The molecule has 1 atom stereocenters. The molecule has 0 saturated carbocycles. The Morgan fingerprint density at radius 2 is 1.72 bits per heavy atom. The number of hydrogen-bond acceptors (Lipinski definition) is 7. The molecule has 1 aromatic heterocycles. The van der Waals surface area contributed by atoms with Crippen LogP contribution in [0.3, 0.4) is 0 Å². The molecule has 0 spiro atoms. The van der Waals surface area contributed by atoms with E-state index in [0.717, 1.165) is 16.7 Å². The van der Waals surface area contributed by atoms with E-state index >= 15 is 0 Å². The minimum absolute atomic E-state index is 0.137. The molecule has 3 aromatic carbocycles. The van der Waals surface area contributed by atoms with Gasteiger partial charge in [-0.2, -0.15) is 0 Å². The summed E-state index contributed by atoms with van der Waals surface area (Å²) in [4.78, 5) is 13.3. The van der Waals surface area contributed by atoms with Gasteiger partial charge in [0.05, 0.1) is 17.1 Å². The lowest BCUT2D eigenvalue weighted by Crippen LogP contribution is -2.48. The fourth-order valence-corrected chi connectivity index (χ4v) is 6.08. The SMILES string of the molecule is Cc1ccc(S(=O)(=O)N2C[C@H](C(=O)Nc3nnc(-c4ccc(Cl)cc4)s3)Oc3ccc(C)cc32)cc1. The van der Waals surface area contributed by atoms with Gasteiger partial charge in [-0.1, -0.05) is 58.8 Å². The molecule has 11 heteroatoms. The van der Waals surface area contributed by atoms with Crippen molar-refractivity contribution in [3.05, 3.63) is 82.9 Å². The molecular formula is C25H21ClN4O4S2. The molecule has 0 bridgehead atoms. The van der Waals surface area contributed by atoms with Gasteiger partial charge in [-0.15, -0.1) is 10.2 Å². The number of sulfonamides is 1. The van der Waals surface area contributed by atoms with Gasteiger partial charge in [-0.05, 0) is 55.8 Å². The summed E-state index contributed by atoms with van der Waals surface area (Å²) in [5, 5.41) is 12.4. The number of halogens is 1. The van der Waals surface area contributed by atoms with Crippen molar-refractivity contribution in [2.24, 2.45) is 0 Å². The zero-order chi connectivity index (χ0) is 25.4. The number of nitrogens with one attached hydrogen (secondary N) is 1. The average molecular weight is 541 g/mol. The highest BCUT2D eigenvalue weighted by molar-refractivity contribution is 7.92. The summed E-state index contributed by atoms with van der Waals surface area (Å²) in [6, 6.07) is 18.9. The number of aromatic nitrogens is 2. The second-order valence-electron chi connectivity index (χ2n) is 8.34. The Balaban J connectivity index is 1.42. The molecule has 0 aliphatic carbocycles. The maximum atomic E-state index is 13.6. The second kappa shape index (κ2) is 9.53. The van der Waals surface area contributed by atoms with E-state index < -0.39 is 22.0 Å². The summed E-state index contributed by atoms with van der Waals surface area (Å²) >= 11 is 7.13. The van der Waals surface area contributed by atoms with Crippen LogP contribution in [0.2, 0.25) is 5.02 Å². The van der Waals surface area contributed by atoms with E-state index in [-0.39, 0.29) is 16.6 Å². The van der Waals surface area contributed by atoms with Gasteiger partial charge in [0.2, 0.25) is 5.13 Å². The number of carbonyl (C=O) groups excluding carboxylic acids is 1. The lowest BCUT2D eigenvalue weighted by molar-refractivity contribution is -0.122. The first-order chi connectivity index (χ1) is 17.2. The van der Waals surface area contributed by atoms with Crippen LogP contribution in [-0.2, 0) is 14.8 Å². The molecule has 0 fully saturated rings. The molecule has 0 saturated heterocycles. The quantitative estimate of drug-likeness (QED) is 0.379. The number of anilines is 2. The van der Waals surface area contributed by atoms with E-state index in [4.69, 9.17) is 16.3 Å². The van der Waals surface area contributed by atoms with E-state index in [2.05, 4.69) is 15.5 Å². The van der Waals surface area contributed by atoms with Crippen molar-refractivity contribution in [3.63, 3.8) is 0 Å². The van der Waals surface area contributed by atoms with E-state index in [9.17, 15) is 13.2 Å². The fourth-order valence-electron chi connectivity index (χ4n) is 3.73. The molecule has 1 N–H and O–H groups in total. The summed E-state index contributed by atoms with van der Waals surface area (Å²) in [7, 11) is -3.95. The van der Waals surface area contributed by atoms with E-state index in [1.165, 1.54) is 15.6 Å². The highest BCUT2D eigenvalue weighted by Gasteiger charge is 2.38. The summed E-state index contributed by atoms with van der Waals surface area (Å²) in [5.41, 5.74) is 3.01. The van der Waals surface area contributed by atoms with E-state index in [1.807, 2.05) is 26.0 Å². The molecule has 4 aromatic rings. The summed E-state index contributed by atoms with van der Waals surface area (Å²) in [5.74, 6) is -0.217. The first kappa shape index (κ1) is 24.2. The second-order valence-corrected chi connectivity index (χ2v) is 11.6. The predicted molar refractivity (Wildman–Crippen MR) is 140 cm³/mol. The number of nitrogens with zero attached hydrogens (tertiary/aromatic N) is 3. The largest absolute Gasteiger partial charge is 0.476 e. The van der Waals surface area contributed by atoms with Crippen molar-refractivity contribution < 1.29 is 17.9 Å². The van der Waals surface area contributed by atoms with E-state index in [0.29, 0.717) is 21.5 Å². The molecule has 0 radical (unpaired) electrons. The van der Waals surface area contributed by atoms with Gasteiger partial charge in [-0.3, -0.25) is 14.4 Å². The fraction of sp³-hybridized carbons (Fsp3) is 0.160. The molecule has 1 amide bonds. The van der Waals surface area contributed by atoms with Gasteiger partial charge in [0.15, 0.2) is 6.10 Å². The lowest BCUT2D eigenvalue weighted by atomic mass is 10.1. The number of fused-ring (bicyclic) bond motifs is 1. The van der Waals surface area contributed by atoms with Crippen LogP contribution in [0.4, 0.5) is 10.8 Å². The van der Waals surface area contributed by atoms with Crippen LogP contribution in [0.15, 0.2) is 71.6 Å². The summed E-state index contributed by atoms with van der Waals surface area (Å²) in [6.45, 7) is 3.56. The molecular weight excluding hydrogens is 520 g/mol. The molecule has 5 rings (SSSR count). The van der Waals surface area contributed by atoms with Crippen molar-refractivity contribution in [2.45, 2.75) is 24.8 Å².